The van der Waals surface area contributed by atoms with Crippen LogP contribution in [0.15, 0.2) is 24.3 Å². The van der Waals surface area contributed by atoms with Crippen LogP contribution in [-0.2, 0) is 4.79 Å². The first-order valence-corrected chi connectivity index (χ1v) is 7.29. The first kappa shape index (κ1) is 14.4. The first-order chi connectivity index (χ1) is 9.16. The summed E-state index contributed by atoms with van der Waals surface area (Å²) in [4.78, 5) is 11.9. The van der Waals surface area contributed by atoms with Gasteiger partial charge in [-0.25, -0.2) is 0 Å². The van der Waals surface area contributed by atoms with Gasteiger partial charge in [-0.3, -0.25) is 4.79 Å². The van der Waals surface area contributed by atoms with Crippen LogP contribution in [0.3, 0.4) is 0 Å². The minimum atomic E-state index is -0.0390. The van der Waals surface area contributed by atoms with E-state index in [9.17, 15) is 4.79 Å². The molecular weight excluding hydrogens is 260 g/mol. The van der Waals surface area contributed by atoms with E-state index in [-0.39, 0.29) is 11.9 Å². The molecule has 1 amide bonds. The van der Waals surface area contributed by atoms with Gasteiger partial charge in [0.1, 0.15) is 0 Å². The monoisotopic (exact) mass is 280 g/mol. The highest BCUT2D eigenvalue weighted by molar-refractivity contribution is 6.31. The fraction of sp³-hybridized carbons (Fsp3) is 0.533. The molecule has 2 N–H and O–H groups in total. The molecule has 4 heteroatoms. The van der Waals surface area contributed by atoms with Crippen LogP contribution >= 0.6 is 11.6 Å². The number of halogens is 1. The largest absolute Gasteiger partial charge is 0.350 e. The van der Waals surface area contributed by atoms with Crippen LogP contribution < -0.4 is 10.6 Å². The molecule has 0 saturated carbocycles. The number of hydrogen-bond donors (Lipinski definition) is 2. The van der Waals surface area contributed by atoms with Crippen molar-refractivity contribution in [1.82, 2.24) is 10.6 Å². The molecule has 19 heavy (non-hydrogen) atoms. The van der Waals surface area contributed by atoms with E-state index in [0.717, 1.165) is 25.1 Å². The summed E-state index contributed by atoms with van der Waals surface area (Å²) in [6, 6.07) is 7.60. The van der Waals surface area contributed by atoms with Crippen molar-refractivity contribution in [3.8, 4) is 0 Å². The molecule has 2 atom stereocenters. The second-order valence-corrected chi connectivity index (χ2v) is 5.62. The molecule has 2 rings (SSSR count). The summed E-state index contributed by atoms with van der Waals surface area (Å²) < 4.78 is 0. The van der Waals surface area contributed by atoms with Gasteiger partial charge in [-0.15, -0.1) is 0 Å². The van der Waals surface area contributed by atoms with Gasteiger partial charge >= 0.3 is 0 Å². The smallest absolute Gasteiger partial charge is 0.220 e. The Bertz CT molecular complexity index is 430. The number of rotatable bonds is 5. The molecule has 0 spiro atoms. The summed E-state index contributed by atoms with van der Waals surface area (Å²) >= 11 is 6.12. The molecular formula is C15H21ClN2O. The third kappa shape index (κ3) is 4.22. The Hall–Kier alpha value is -1.06. The zero-order chi connectivity index (χ0) is 13.7. The van der Waals surface area contributed by atoms with E-state index in [1.54, 1.807) is 0 Å². The van der Waals surface area contributed by atoms with Crippen molar-refractivity contribution in [2.24, 2.45) is 5.92 Å². The number of amides is 1. The van der Waals surface area contributed by atoms with Crippen LogP contribution in [0.25, 0.3) is 0 Å². The average Bonchev–Trinajstić information content (AvgIpc) is 2.90. The predicted molar refractivity (Wildman–Crippen MR) is 78.2 cm³/mol. The van der Waals surface area contributed by atoms with Gasteiger partial charge in [0.2, 0.25) is 5.91 Å². The molecule has 1 heterocycles. The molecule has 1 aromatic carbocycles. The molecule has 0 aliphatic carbocycles. The lowest BCUT2D eigenvalue weighted by atomic mass is 10.0. The zero-order valence-corrected chi connectivity index (χ0v) is 12.0. The molecule has 104 valence electrons. The van der Waals surface area contributed by atoms with Gasteiger partial charge in [0, 0.05) is 11.4 Å². The van der Waals surface area contributed by atoms with Gasteiger partial charge in [-0.2, -0.15) is 0 Å². The fourth-order valence-electron chi connectivity index (χ4n) is 2.51. The van der Waals surface area contributed by atoms with Crippen molar-refractivity contribution in [1.29, 1.82) is 0 Å². The molecule has 0 bridgehead atoms. The lowest BCUT2D eigenvalue weighted by Crippen LogP contribution is -2.27. The number of benzene rings is 1. The Morgan fingerprint density at radius 1 is 1.53 bits per heavy atom. The van der Waals surface area contributed by atoms with Gasteiger partial charge in [-0.1, -0.05) is 29.8 Å². The van der Waals surface area contributed by atoms with Gasteiger partial charge < -0.3 is 10.6 Å². The summed E-state index contributed by atoms with van der Waals surface area (Å²) in [5.74, 6) is 0.765. The van der Waals surface area contributed by atoms with Crippen molar-refractivity contribution in [2.45, 2.75) is 32.2 Å². The quantitative estimate of drug-likeness (QED) is 0.871. The van der Waals surface area contributed by atoms with Crippen LogP contribution in [0.1, 0.15) is 37.8 Å². The topological polar surface area (TPSA) is 41.1 Å². The second-order valence-electron chi connectivity index (χ2n) is 5.21. The van der Waals surface area contributed by atoms with Crippen LogP contribution in [-0.4, -0.2) is 19.0 Å². The number of carbonyl (C=O) groups excluding carboxylic acids is 1. The lowest BCUT2D eigenvalue weighted by Gasteiger charge is -2.16. The summed E-state index contributed by atoms with van der Waals surface area (Å²) in [7, 11) is 0. The second kappa shape index (κ2) is 6.92. The summed E-state index contributed by atoms with van der Waals surface area (Å²) in [5, 5.41) is 7.04. The van der Waals surface area contributed by atoms with Crippen molar-refractivity contribution in [3.05, 3.63) is 34.9 Å². The highest BCUT2D eigenvalue weighted by Gasteiger charge is 2.17. The summed E-state index contributed by atoms with van der Waals surface area (Å²) in [6.07, 6.45) is 2.75. The maximum absolute atomic E-state index is 11.9. The van der Waals surface area contributed by atoms with Gasteiger partial charge in [0.05, 0.1) is 6.04 Å². The SMILES string of the molecule is C[C@H](NC(=O)CCC1CCNC1)c1ccccc1Cl. The summed E-state index contributed by atoms with van der Waals surface area (Å²) in [6.45, 7) is 4.10. The van der Waals surface area contributed by atoms with Crippen molar-refractivity contribution < 1.29 is 4.79 Å². The minimum Gasteiger partial charge on any atom is -0.350 e. The van der Waals surface area contributed by atoms with Crippen molar-refractivity contribution in [2.75, 3.05) is 13.1 Å². The highest BCUT2D eigenvalue weighted by atomic mass is 35.5. The normalized spacial score (nSPS) is 20.2. The van der Waals surface area contributed by atoms with Crippen LogP contribution in [0.5, 0.6) is 0 Å². The Balaban J connectivity index is 1.79. The van der Waals surface area contributed by atoms with Gasteiger partial charge in [0.25, 0.3) is 0 Å². The average molecular weight is 281 g/mol. The molecule has 0 radical (unpaired) electrons. The van der Waals surface area contributed by atoms with E-state index in [2.05, 4.69) is 10.6 Å². The first-order valence-electron chi connectivity index (χ1n) is 6.91. The Morgan fingerprint density at radius 2 is 2.32 bits per heavy atom. The van der Waals surface area contributed by atoms with Crippen LogP contribution in [0, 0.1) is 5.92 Å². The van der Waals surface area contributed by atoms with E-state index in [4.69, 9.17) is 11.6 Å². The Labute approximate surface area is 119 Å². The molecule has 1 fully saturated rings. The minimum absolute atomic E-state index is 0.0390. The van der Waals surface area contributed by atoms with Crippen LogP contribution in [0.4, 0.5) is 0 Å². The van der Waals surface area contributed by atoms with Gasteiger partial charge in [-0.05, 0) is 50.4 Å². The summed E-state index contributed by atoms with van der Waals surface area (Å²) in [5.41, 5.74) is 0.972. The number of hydrogen-bond acceptors (Lipinski definition) is 2. The van der Waals surface area contributed by atoms with Crippen molar-refractivity contribution in [3.63, 3.8) is 0 Å². The van der Waals surface area contributed by atoms with Gasteiger partial charge in [0.15, 0.2) is 0 Å². The molecule has 1 aromatic rings. The molecule has 1 aliphatic heterocycles. The van der Waals surface area contributed by atoms with E-state index < -0.39 is 0 Å². The zero-order valence-electron chi connectivity index (χ0n) is 11.3. The standard InChI is InChI=1S/C15H21ClN2O/c1-11(13-4-2-3-5-14(13)16)18-15(19)7-6-12-8-9-17-10-12/h2-5,11-12,17H,6-10H2,1H3,(H,18,19)/t11-,12?/m0/s1. The van der Waals surface area contributed by atoms with E-state index in [0.29, 0.717) is 17.4 Å². The Morgan fingerprint density at radius 3 is 3.00 bits per heavy atom. The van der Waals surface area contributed by atoms with E-state index in [1.807, 2.05) is 31.2 Å². The molecule has 1 unspecified atom stereocenters. The van der Waals surface area contributed by atoms with Crippen molar-refractivity contribution >= 4 is 17.5 Å². The van der Waals surface area contributed by atoms with E-state index in [1.165, 1.54) is 6.42 Å². The molecule has 3 nitrogen and oxygen atoms in total. The predicted octanol–water partition coefficient (Wildman–Crippen LogP) is 2.91. The maximum Gasteiger partial charge on any atom is 0.220 e. The highest BCUT2D eigenvalue weighted by Crippen LogP contribution is 2.22. The lowest BCUT2D eigenvalue weighted by molar-refractivity contribution is -0.122. The number of carbonyl (C=O) groups is 1. The maximum atomic E-state index is 11.9. The molecule has 1 saturated heterocycles. The van der Waals surface area contributed by atoms with E-state index >= 15 is 0 Å². The molecule has 1 aliphatic rings. The fourth-order valence-corrected chi connectivity index (χ4v) is 2.81. The Kier molecular flexibility index (Phi) is 5.23. The third-order valence-corrected chi connectivity index (χ3v) is 4.04. The van der Waals surface area contributed by atoms with Crippen LogP contribution in [0.2, 0.25) is 5.02 Å². The molecule has 0 aromatic heterocycles. The number of nitrogens with one attached hydrogen (secondary N) is 2. The third-order valence-electron chi connectivity index (χ3n) is 3.69.